The monoisotopic (exact) mass is 326 g/mol. The number of H-pyrrole nitrogens is 1. The van der Waals surface area contributed by atoms with Crippen molar-refractivity contribution in [3.8, 4) is 11.4 Å². The fourth-order valence-electron chi connectivity index (χ4n) is 2.44. The van der Waals surface area contributed by atoms with Gasteiger partial charge in [-0.25, -0.2) is 4.98 Å². The number of aromatic nitrogens is 4. The number of aryl methyl sites for hydroxylation is 1. The number of nitrogens with zero attached hydrogens (tertiary/aromatic N) is 3. The minimum absolute atomic E-state index is 0.163. The van der Waals surface area contributed by atoms with Crippen LogP contribution >= 0.6 is 0 Å². The fraction of sp³-hybridized carbons (Fsp3) is 0.294. The predicted molar refractivity (Wildman–Crippen MR) is 88.7 cm³/mol. The summed E-state index contributed by atoms with van der Waals surface area (Å²) in [6.07, 6.45) is 0.641. The van der Waals surface area contributed by atoms with E-state index in [1.54, 1.807) is 13.8 Å². The number of benzene rings is 1. The summed E-state index contributed by atoms with van der Waals surface area (Å²) in [5.74, 6) is 0.620. The zero-order valence-electron chi connectivity index (χ0n) is 13.6. The van der Waals surface area contributed by atoms with Crippen LogP contribution < -0.4 is 5.56 Å². The summed E-state index contributed by atoms with van der Waals surface area (Å²) in [5, 5.41) is 2.98. The highest BCUT2D eigenvalue weighted by Crippen LogP contribution is 2.14. The molecule has 0 unspecified atom stereocenters. The Bertz CT molecular complexity index is 928. The first-order valence-electron chi connectivity index (χ1n) is 7.79. The topological polar surface area (TPSA) is 89.3 Å². The van der Waals surface area contributed by atoms with Gasteiger partial charge in [-0.1, -0.05) is 37.3 Å². The summed E-state index contributed by atoms with van der Waals surface area (Å²) >= 11 is 0. The molecule has 0 amide bonds. The SMILES string of the molecule is CCC(=O)OCCc1c(C)nc2nc(-c3ccccc3)[nH]n2c1=O. The van der Waals surface area contributed by atoms with Gasteiger partial charge in [0.2, 0.25) is 0 Å². The molecule has 124 valence electrons. The van der Waals surface area contributed by atoms with E-state index in [2.05, 4.69) is 15.1 Å². The highest BCUT2D eigenvalue weighted by molar-refractivity contribution is 5.68. The van der Waals surface area contributed by atoms with Crippen molar-refractivity contribution >= 4 is 11.7 Å². The van der Waals surface area contributed by atoms with Crippen LogP contribution in [0.2, 0.25) is 0 Å². The number of hydrogen-bond donors (Lipinski definition) is 1. The smallest absolute Gasteiger partial charge is 0.305 e. The third-order valence-corrected chi connectivity index (χ3v) is 3.75. The Morgan fingerprint density at radius 1 is 1.25 bits per heavy atom. The molecule has 0 fully saturated rings. The zero-order chi connectivity index (χ0) is 17.1. The molecule has 3 rings (SSSR count). The molecule has 0 aliphatic rings. The zero-order valence-corrected chi connectivity index (χ0v) is 13.6. The van der Waals surface area contributed by atoms with Gasteiger partial charge in [0.1, 0.15) is 0 Å². The molecule has 0 radical (unpaired) electrons. The van der Waals surface area contributed by atoms with E-state index >= 15 is 0 Å². The van der Waals surface area contributed by atoms with Crippen LogP contribution in [0.4, 0.5) is 0 Å². The number of nitrogens with one attached hydrogen (secondary N) is 1. The fourth-order valence-corrected chi connectivity index (χ4v) is 2.44. The molecule has 2 aromatic heterocycles. The Labute approximate surface area is 138 Å². The van der Waals surface area contributed by atoms with Crippen LogP contribution in [-0.4, -0.2) is 32.2 Å². The first kappa shape index (κ1) is 15.9. The number of esters is 1. The van der Waals surface area contributed by atoms with Crippen molar-refractivity contribution in [3.05, 3.63) is 51.9 Å². The molecule has 0 aliphatic heterocycles. The van der Waals surface area contributed by atoms with Gasteiger partial charge in [-0.2, -0.15) is 9.50 Å². The number of ether oxygens (including phenoxy) is 1. The Morgan fingerprint density at radius 2 is 2.00 bits per heavy atom. The highest BCUT2D eigenvalue weighted by Gasteiger charge is 2.14. The number of carbonyl (C=O) groups is 1. The summed E-state index contributed by atoms with van der Waals surface area (Å²) in [7, 11) is 0. The van der Waals surface area contributed by atoms with Gasteiger partial charge in [0, 0.05) is 24.0 Å². The molecule has 7 nitrogen and oxygen atoms in total. The maximum Gasteiger partial charge on any atom is 0.305 e. The number of aromatic amines is 1. The third kappa shape index (κ3) is 3.05. The molecule has 1 aromatic carbocycles. The standard InChI is InChI=1S/C17H18N4O3/c1-3-14(22)24-10-9-13-11(2)18-17-19-15(20-21(17)16(13)23)12-7-5-4-6-8-12/h4-8H,3,9-10H2,1-2H3,(H,18,19,20). The van der Waals surface area contributed by atoms with Gasteiger partial charge in [0.05, 0.1) is 12.3 Å². The summed E-state index contributed by atoms with van der Waals surface area (Å²) in [6.45, 7) is 3.65. The largest absolute Gasteiger partial charge is 0.465 e. The van der Waals surface area contributed by atoms with Crippen LogP contribution in [-0.2, 0) is 16.0 Å². The van der Waals surface area contributed by atoms with Crippen molar-refractivity contribution in [1.82, 2.24) is 19.6 Å². The molecule has 3 aromatic rings. The van der Waals surface area contributed by atoms with Crippen molar-refractivity contribution in [3.63, 3.8) is 0 Å². The normalized spacial score (nSPS) is 10.9. The van der Waals surface area contributed by atoms with E-state index in [1.165, 1.54) is 4.52 Å². The van der Waals surface area contributed by atoms with E-state index < -0.39 is 0 Å². The number of fused-ring (bicyclic) bond motifs is 1. The second kappa shape index (κ2) is 6.66. The lowest BCUT2D eigenvalue weighted by Crippen LogP contribution is -2.23. The molecule has 0 atom stereocenters. The molecule has 0 saturated carbocycles. The van der Waals surface area contributed by atoms with Gasteiger partial charge in [-0.15, -0.1) is 0 Å². The van der Waals surface area contributed by atoms with Crippen LogP contribution in [0.5, 0.6) is 0 Å². The van der Waals surface area contributed by atoms with Gasteiger partial charge < -0.3 is 4.74 Å². The van der Waals surface area contributed by atoms with Crippen molar-refractivity contribution in [2.24, 2.45) is 0 Å². The summed E-state index contributed by atoms with van der Waals surface area (Å²) in [6, 6.07) is 9.52. The summed E-state index contributed by atoms with van der Waals surface area (Å²) in [4.78, 5) is 32.6. The maximum atomic E-state index is 12.7. The van der Waals surface area contributed by atoms with Crippen molar-refractivity contribution < 1.29 is 9.53 Å². The van der Waals surface area contributed by atoms with Gasteiger partial charge in [0.15, 0.2) is 5.82 Å². The van der Waals surface area contributed by atoms with Crippen LogP contribution in [0, 0.1) is 6.92 Å². The van der Waals surface area contributed by atoms with Gasteiger partial charge in [-0.05, 0) is 6.92 Å². The second-order valence-corrected chi connectivity index (χ2v) is 5.38. The minimum atomic E-state index is -0.283. The van der Waals surface area contributed by atoms with Crippen LogP contribution in [0.3, 0.4) is 0 Å². The van der Waals surface area contributed by atoms with E-state index in [0.29, 0.717) is 35.7 Å². The van der Waals surface area contributed by atoms with E-state index in [9.17, 15) is 9.59 Å². The molecule has 0 saturated heterocycles. The Kier molecular flexibility index (Phi) is 4.41. The first-order valence-corrected chi connectivity index (χ1v) is 7.79. The van der Waals surface area contributed by atoms with Crippen LogP contribution in [0.1, 0.15) is 24.6 Å². The molecule has 2 heterocycles. The van der Waals surface area contributed by atoms with Crippen molar-refractivity contribution in [2.45, 2.75) is 26.7 Å². The van der Waals surface area contributed by atoms with Gasteiger partial charge >= 0.3 is 5.97 Å². The van der Waals surface area contributed by atoms with Crippen molar-refractivity contribution in [1.29, 1.82) is 0 Å². The number of hydrogen-bond acceptors (Lipinski definition) is 5. The molecule has 1 N–H and O–H groups in total. The average molecular weight is 326 g/mol. The molecule has 0 bridgehead atoms. The third-order valence-electron chi connectivity index (χ3n) is 3.75. The number of rotatable bonds is 5. The van der Waals surface area contributed by atoms with E-state index in [1.807, 2.05) is 30.3 Å². The Morgan fingerprint density at radius 3 is 2.71 bits per heavy atom. The van der Waals surface area contributed by atoms with E-state index in [-0.39, 0.29) is 18.1 Å². The molecular formula is C17H18N4O3. The molecule has 7 heteroatoms. The Balaban J connectivity index is 1.95. The number of carbonyl (C=O) groups excluding carboxylic acids is 1. The second-order valence-electron chi connectivity index (χ2n) is 5.38. The van der Waals surface area contributed by atoms with E-state index in [4.69, 9.17) is 4.74 Å². The van der Waals surface area contributed by atoms with Crippen LogP contribution in [0.15, 0.2) is 35.1 Å². The molecule has 24 heavy (non-hydrogen) atoms. The first-order chi connectivity index (χ1) is 11.6. The van der Waals surface area contributed by atoms with Crippen molar-refractivity contribution in [2.75, 3.05) is 6.61 Å². The maximum absolute atomic E-state index is 12.7. The Hall–Kier alpha value is -2.96. The van der Waals surface area contributed by atoms with E-state index in [0.717, 1.165) is 5.56 Å². The molecule has 0 spiro atoms. The summed E-state index contributed by atoms with van der Waals surface area (Å²) < 4.78 is 6.38. The average Bonchev–Trinajstić information content (AvgIpc) is 3.02. The summed E-state index contributed by atoms with van der Waals surface area (Å²) in [5.41, 5.74) is 1.76. The highest BCUT2D eigenvalue weighted by atomic mass is 16.5. The van der Waals surface area contributed by atoms with Crippen LogP contribution in [0.25, 0.3) is 17.2 Å². The lowest BCUT2D eigenvalue weighted by molar-refractivity contribution is -0.143. The lowest BCUT2D eigenvalue weighted by atomic mass is 10.2. The quantitative estimate of drug-likeness (QED) is 0.723. The molecular weight excluding hydrogens is 308 g/mol. The molecule has 0 aliphatic carbocycles. The predicted octanol–water partition coefficient (Wildman–Crippen LogP) is 1.89. The lowest BCUT2D eigenvalue weighted by Gasteiger charge is -2.05. The van der Waals surface area contributed by atoms with Gasteiger partial charge in [0.25, 0.3) is 11.3 Å². The van der Waals surface area contributed by atoms with Gasteiger partial charge in [-0.3, -0.25) is 14.7 Å². The minimum Gasteiger partial charge on any atom is -0.465 e.